The molecule has 0 aliphatic heterocycles. The first-order valence-electron chi connectivity index (χ1n) is 10.8. The van der Waals surface area contributed by atoms with Gasteiger partial charge in [0.05, 0.1) is 11.7 Å². The highest BCUT2D eigenvalue weighted by molar-refractivity contribution is 5.72. The van der Waals surface area contributed by atoms with E-state index in [1.807, 2.05) is 6.92 Å². The van der Waals surface area contributed by atoms with Crippen LogP contribution in [0.2, 0.25) is 0 Å². The van der Waals surface area contributed by atoms with E-state index >= 15 is 0 Å². The van der Waals surface area contributed by atoms with Crippen molar-refractivity contribution in [3.63, 3.8) is 0 Å². The van der Waals surface area contributed by atoms with Gasteiger partial charge in [-0.05, 0) is 99.4 Å². The number of aliphatic hydroxyl groups excluding tert-OH is 1. The zero-order valence-electron chi connectivity index (χ0n) is 16.7. The number of hydrogen-bond acceptors (Lipinski definition) is 3. The highest BCUT2D eigenvalue weighted by Gasteiger charge is 2.66. The lowest BCUT2D eigenvalue weighted by Crippen LogP contribution is -2.62. The minimum atomic E-state index is -0.593. The number of carbonyl (C=O) groups excluding carboxylic acids is 1. The van der Waals surface area contributed by atoms with Crippen molar-refractivity contribution < 1.29 is 15.0 Å². The summed E-state index contributed by atoms with van der Waals surface area (Å²) in [5.41, 5.74) is 0.394. The molecule has 0 unspecified atom stereocenters. The van der Waals surface area contributed by atoms with Crippen molar-refractivity contribution in [1.82, 2.24) is 0 Å². The fourth-order valence-electron chi connectivity index (χ4n) is 7.87. The Labute approximate surface area is 158 Å². The van der Waals surface area contributed by atoms with Crippen molar-refractivity contribution in [2.24, 2.45) is 34.5 Å². The molecule has 4 aliphatic rings. The molecule has 0 aromatic rings. The average molecular weight is 361 g/mol. The molecule has 4 aliphatic carbocycles. The molecule has 4 saturated carbocycles. The van der Waals surface area contributed by atoms with Crippen LogP contribution >= 0.6 is 0 Å². The van der Waals surface area contributed by atoms with Gasteiger partial charge in [-0.1, -0.05) is 19.9 Å². The number of hydrogen-bond donors (Lipinski definition) is 2. The molecule has 4 rings (SSSR count). The Bertz CT molecular complexity index is 613. The summed E-state index contributed by atoms with van der Waals surface area (Å²) in [4.78, 5) is 11.1. The summed E-state index contributed by atoms with van der Waals surface area (Å²) in [6.45, 7) is 6.63. The minimum Gasteiger partial charge on any atom is -0.393 e. The second-order valence-corrected chi connectivity index (χ2v) is 10.5. The molecule has 0 amide bonds. The van der Waals surface area contributed by atoms with Crippen LogP contribution in [0.5, 0.6) is 0 Å². The molecule has 0 bridgehead atoms. The molecule has 0 saturated heterocycles. The van der Waals surface area contributed by atoms with E-state index < -0.39 is 5.60 Å². The van der Waals surface area contributed by atoms with Gasteiger partial charge < -0.3 is 10.2 Å². The molecule has 146 valence electrons. The fraction of sp³-hybridized carbons (Fsp3) is 0.870. The standard InChI is InChI=1S/C23H36O3/c1-15(14-24)12-17-6-11-23(26)20-5-4-16-13-18(25)7-9-21(16,2)19(20)8-10-22(17,23)3/h12,14,16-20,25-26H,4-11,13H2,1-3H3/b15-12+/t16-,17-,18+,19+,20-,21+,22-,23+/m1/s1. The molecule has 0 aromatic heterocycles. The molecule has 2 N–H and O–H groups in total. The third-order valence-electron chi connectivity index (χ3n) is 9.55. The van der Waals surface area contributed by atoms with Crippen molar-refractivity contribution in [2.45, 2.75) is 90.3 Å². The Morgan fingerprint density at radius 3 is 2.50 bits per heavy atom. The van der Waals surface area contributed by atoms with Crippen molar-refractivity contribution in [1.29, 1.82) is 0 Å². The van der Waals surface area contributed by atoms with Gasteiger partial charge in [0, 0.05) is 5.41 Å². The van der Waals surface area contributed by atoms with E-state index in [1.165, 1.54) is 6.42 Å². The number of allylic oxidation sites excluding steroid dienone is 2. The molecule has 26 heavy (non-hydrogen) atoms. The van der Waals surface area contributed by atoms with E-state index in [0.29, 0.717) is 23.7 Å². The maximum atomic E-state index is 12.0. The molecular weight excluding hydrogens is 324 g/mol. The van der Waals surface area contributed by atoms with Gasteiger partial charge in [0.1, 0.15) is 6.29 Å². The van der Waals surface area contributed by atoms with Gasteiger partial charge in [-0.2, -0.15) is 0 Å². The van der Waals surface area contributed by atoms with Crippen LogP contribution in [0.4, 0.5) is 0 Å². The Balaban J connectivity index is 1.65. The third-order valence-corrected chi connectivity index (χ3v) is 9.55. The zero-order valence-corrected chi connectivity index (χ0v) is 16.7. The van der Waals surface area contributed by atoms with Crippen LogP contribution < -0.4 is 0 Å². The van der Waals surface area contributed by atoms with Crippen LogP contribution in [0.15, 0.2) is 11.6 Å². The second-order valence-electron chi connectivity index (χ2n) is 10.5. The number of aliphatic hydroxyl groups is 2. The van der Waals surface area contributed by atoms with E-state index in [-0.39, 0.29) is 16.9 Å². The van der Waals surface area contributed by atoms with Gasteiger partial charge in [0.25, 0.3) is 0 Å². The fourth-order valence-corrected chi connectivity index (χ4v) is 7.87. The second kappa shape index (κ2) is 6.17. The number of rotatable bonds is 2. The van der Waals surface area contributed by atoms with Gasteiger partial charge in [0.15, 0.2) is 0 Å². The SMILES string of the molecule is C/C(C=O)=C\[C@H]1CC[C@]2(O)[C@@H]3CC[C@@H]4C[C@@H](O)CC[C@]4(C)[C@H]3CC[C@]12C. The first-order valence-corrected chi connectivity index (χ1v) is 10.8. The summed E-state index contributed by atoms with van der Waals surface area (Å²) in [7, 11) is 0. The van der Waals surface area contributed by atoms with Gasteiger partial charge in [0.2, 0.25) is 0 Å². The monoisotopic (exact) mass is 360 g/mol. The maximum Gasteiger partial charge on any atom is 0.145 e. The van der Waals surface area contributed by atoms with Crippen LogP contribution in [0.1, 0.15) is 78.6 Å². The highest BCUT2D eigenvalue weighted by Crippen LogP contribution is 2.69. The van der Waals surface area contributed by atoms with Crippen LogP contribution in [0.3, 0.4) is 0 Å². The predicted octanol–water partition coefficient (Wildman–Crippen LogP) is 4.27. The summed E-state index contributed by atoms with van der Waals surface area (Å²) >= 11 is 0. The van der Waals surface area contributed by atoms with Crippen molar-refractivity contribution in [3.8, 4) is 0 Å². The van der Waals surface area contributed by atoms with Gasteiger partial charge in [-0.3, -0.25) is 4.79 Å². The lowest BCUT2D eigenvalue weighted by Gasteiger charge is -2.63. The Kier molecular flexibility index (Phi) is 4.43. The van der Waals surface area contributed by atoms with Crippen molar-refractivity contribution >= 4 is 6.29 Å². The Morgan fingerprint density at radius 2 is 1.77 bits per heavy atom. The van der Waals surface area contributed by atoms with E-state index in [1.54, 1.807) is 0 Å². The quantitative estimate of drug-likeness (QED) is 0.571. The topological polar surface area (TPSA) is 57.5 Å². The minimum absolute atomic E-state index is 0.101. The van der Waals surface area contributed by atoms with Crippen LogP contribution in [0, 0.1) is 34.5 Å². The number of fused-ring (bicyclic) bond motifs is 5. The Morgan fingerprint density at radius 1 is 1.00 bits per heavy atom. The average Bonchev–Trinajstić information content (AvgIpc) is 2.87. The third kappa shape index (κ3) is 2.42. The van der Waals surface area contributed by atoms with Crippen molar-refractivity contribution in [3.05, 3.63) is 11.6 Å². The molecule has 0 aromatic carbocycles. The Hall–Kier alpha value is -0.670. The predicted molar refractivity (Wildman–Crippen MR) is 103 cm³/mol. The zero-order chi connectivity index (χ0) is 18.7. The highest BCUT2D eigenvalue weighted by atomic mass is 16.3. The van der Waals surface area contributed by atoms with Gasteiger partial charge in [-0.15, -0.1) is 0 Å². The first-order chi connectivity index (χ1) is 12.2. The molecule has 0 heterocycles. The normalized spacial score (nSPS) is 54.2. The smallest absolute Gasteiger partial charge is 0.145 e. The molecule has 3 heteroatoms. The summed E-state index contributed by atoms with van der Waals surface area (Å²) in [6, 6.07) is 0. The summed E-state index contributed by atoms with van der Waals surface area (Å²) in [5.74, 6) is 1.90. The van der Waals surface area contributed by atoms with Crippen LogP contribution in [-0.2, 0) is 4.79 Å². The van der Waals surface area contributed by atoms with E-state index in [4.69, 9.17) is 0 Å². The largest absolute Gasteiger partial charge is 0.393 e. The lowest BCUT2D eigenvalue weighted by molar-refractivity contribution is -0.207. The van der Waals surface area contributed by atoms with Crippen LogP contribution in [-0.4, -0.2) is 28.2 Å². The first kappa shape index (κ1) is 18.7. The summed E-state index contributed by atoms with van der Waals surface area (Å²) < 4.78 is 0. The van der Waals surface area contributed by atoms with E-state index in [2.05, 4.69) is 19.9 Å². The summed E-state index contributed by atoms with van der Waals surface area (Å²) in [6.07, 6.45) is 12.3. The van der Waals surface area contributed by atoms with Gasteiger partial charge >= 0.3 is 0 Å². The van der Waals surface area contributed by atoms with Crippen LogP contribution in [0.25, 0.3) is 0 Å². The molecule has 0 spiro atoms. The molecule has 0 radical (unpaired) electrons. The number of aldehydes is 1. The summed E-state index contributed by atoms with van der Waals surface area (Å²) in [5, 5.41) is 22.2. The van der Waals surface area contributed by atoms with Gasteiger partial charge in [-0.25, -0.2) is 0 Å². The molecule has 8 atom stereocenters. The molecule has 3 nitrogen and oxygen atoms in total. The molecule has 4 fully saturated rings. The van der Waals surface area contributed by atoms with E-state index in [9.17, 15) is 15.0 Å². The maximum absolute atomic E-state index is 12.0. The molecular formula is C23H36O3. The van der Waals surface area contributed by atoms with E-state index in [0.717, 1.165) is 63.2 Å². The lowest BCUT2D eigenvalue weighted by atomic mass is 9.43. The van der Waals surface area contributed by atoms with Crippen molar-refractivity contribution in [2.75, 3.05) is 0 Å². The number of carbonyl (C=O) groups is 1.